The largest absolute Gasteiger partial charge is 0.497 e. The molecule has 2 aromatic rings. The summed E-state index contributed by atoms with van der Waals surface area (Å²) in [5.41, 5.74) is 4.24. The van der Waals surface area contributed by atoms with Gasteiger partial charge in [0.25, 0.3) is 0 Å². The Morgan fingerprint density at radius 1 is 0.955 bits per heavy atom. The van der Waals surface area contributed by atoms with Gasteiger partial charge in [0.1, 0.15) is 5.75 Å². The molecule has 0 saturated carbocycles. The van der Waals surface area contributed by atoms with Crippen LogP contribution in [0.1, 0.15) is 37.5 Å². The maximum atomic E-state index is 5.25. The minimum atomic E-state index is 0.221. The van der Waals surface area contributed by atoms with E-state index in [2.05, 4.69) is 62.5 Å². The maximum Gasteiger partial charge on any atom is 0.119 e. The Bertz CT molecular complexity index is 581. The molecule has 0 amide bonds. The summed E-state index contributed by atoms with van der Waals surface area (Å²) in [7, 11) is 1.71. The zero-order chi connectivity index (χ0) is 16.0. The first-order chi connectivity index (χ1) is 10.5. The Labute approximate surface area is 134 Å². The molecule has 0 atom stereocenters. The second kappa shape index (κ2) is 7.46. The highest BCUT2D eigenvalue weighted by Crippen LogP contribution is 2.22. The van der Waals surface area contributed by atoms with Crippen LogP contribution in [0.3, 0.4) is 0 Å². The van der Waals surface area contributed by atoms with Crippen molar-refractivity contribution in [2.45, 2.75) is 39.2 Å². The van der Waals surface area contributed by atoms with Gasteiger partial charge in [-0.1, -0.05) is 57.2 Å². The molecular formula is C20H27NO. The molecule has 0 saturated heterocycles. The van der Waals surface area contributed by atoms with Crippen LogP contribution in [-0.4, -0.2) is 13.7 Å². The fourth-order valence-corrected chi connectivity index (χ4v) is 2.42. The van der Waals surface area contributed by atoms with Crippen molar-refractivity contribution in [1.29, 1.82) is 0 Å². The van der Waals surface area contributed by atoms with Gasteiger partial charge in [0.05, 0.1) is 7.11 Å². The lowest BCUT2D eigenvalue weighted by Crippen LogP contribution is -2.17. The van der Waals surface area contributed by atoms with E-state index in [-0.39, 0.29) is 5.41 Å². The molecule has 2 rings (SSSR count). The molecule has 1 N–H and O–H groups in total. The van der Waals surface area contributed by atoms with Crippen LogP contribution >= 0.6 is 0 Å². The lowest BCUT2D eigenvalue weighted by molar-refractivity contribution is 0.414. The van der Waals surface area contributed by atoms with Crippen LogP contribution < -0.4 is 10.1 Å². The van der Waals surface area contributed by atoms with Crippen LogP contribution in [0.25, 0.3) is 0 Å². The maximum absolute atomic E-state index is 5.25. The Morgan fingerprint density at radius 3 is 2.32 bits per heavy atom. The summed E-state index contributed by atoms with van der Waals surface area (Å²) >= 11 is 0. The van der Waals surface area contributed by atoms with Crippen molar-refractivity contribution in [3.05, 3.63) is 65.2 Å². The van der Waals surface area contributed by atoms with Crippen LogP contribution in [-0.2, 0) is 18.4 Å². The summed E-state index contributed by atoms with van der Waals surface area (Å²) < 4.78 is 5.25. The third kappa shape index (κ3) is 4.88. The average Bonchev–Trinajstić information content (AvgIpc) is 2.51. The van der Waals surface area contributed by atoms with E-state index >= 15 is 0 Å². The van der Waals surface area contributed by atoms with Crippen molar-refractivity contribution >= 4 is 0 Å². The zero-order valence-corrected chi connectivity index (χ0v) is 14.1. The first-order valence-corrected chi connectivity index (χ1v) is 7.92. The smallest absolute Gasteiger partial charge is 0.119 e. The summed E-state index contributed by atoms with van der Waals surface area (Å²) in [6, 6.07) is 17.2. The minimum absolute atomic E-state index is 0.221. The third-order valence-electron chi connectivity index (χ3n) is 3.87. The fourth-order valence-electron chi connectivity index (χ4n) is 2.42. The molecule has 0 heterocycles. The van der Waals surface area contributed by atoms with Crippen molar-refractivity contribution < 1.29 is 4.74 Å². The number of hydrogen-bond donors (Lipinski definition) is 1. The molecule has 0 bridgehead atoms. The summed E-state index contributed by atoms with van der Waals surface area (Å²) in [5.74, 6) is 0.926. The van der Waals surface area contributed by atoms with E-state index < -0.39 is 0 Å². The number of hydrogen-bond acceptors (Lipinski definition) is 2. The Kier molecular flexibility index (Phi) is 5.62. The SMILES string of the molecule is COc1cccc(CCNCc2ccc(C(C)(C)C)cc2)c1. The van der Waals surface area contributed by atoms with Crippen molar-refractivity contribution in [3.8, 4) is 5.75 Å². The summed E-state index contributed by atoms with van der Waals surface area (Å²) in [6.07, 6.45) is 1.01. The lowest BCUT2D eigenvalue weighted by Gasteiger charge is -2.19. The normalized spacial score (nSPS) is 11.5. The van der Waals surface area contributed by atoms with E-state index in [0.717, 1.165) is 25.3 Å². The van der Waals surface area contributed by atoms with Gasteiger partial charge in [-0.2, -0.15) is 0 Å². The molecule has 2 heteroatoms. The molecule has 118 valence electrons. The first kappa shape index (κ1) is 16.6. The number of benzene rings is 2. The number of ether oxygens (including phenoxy) is 1. The zero-order valence-electron chi connectivity index (χ0n) is 14.1. The predicted octanol–water partition coefficient (Wildman–Crippen LogP) is 4.33. The lowest BCUT2D eigenvalue weighted by atomic mass is 9.87. The highest BCUT2D eigenvalue weighted by Gasteiger charge is 2.12. The monoisotopic (exact) mass is 297 g/mol. The topological polar surface area (TPSA) is 21.3 Å². The molecule has 0 aliphatic heterocycles. The minimum Gasteiger partial charge on any atom is -0.497 e. The predicted molar refractivity (Wildman–Crippen MR) is 93.5 cm³/mol. The number of nitrogens with one attached hydrogen (secondary N) is 1. The van der Waals surface area contributed by atoms with Crippen LogP contribution in [0.4, 0.5) is 0 Å². The van der Waals surface area contributed by atoms with Gasteiger partial charge in [0, 0.05) is 6.54 Å². The highest BCUT2D eigenvalue weighted by molar-refractivity contribution is 5.29. The number of methoxy groups -OCH3 is 1. The van der Waals surface area contributed by atoms with Gasteiger partial charge in [-0.05, 0) is 47.2 Å². The Balaban J connectivity index is 1.79. The van der Waals surface area contributed by atoms with Gasteiger partial charge in [-0.3, -0.25) is 0 Å². The van der Waals surface area contributed by atoms with Gasteiger partial charge in [0.15, 0.2) is 0 Å². The van der Waals surface area contributed by atoms with Gasteiger partial charge in [0.2, 0.25) is 0 Å². The molecule has 0 spiro atoms. The molecular weight excluding hydrogens is 270 g/mol. The van der Waals surface area contributed by atoms with Crippen LogP contribution in [0.5, 0.6) is 5.75 Å². The molecule has 0 fully saturated rings. The second-order valence-corrected chi connectivity index (χ2v) is 6.73. The molecule has 0 aliphatic carbocycles. The van der Waals surface area contributed by atoms with E-state index in [1.165, 1.54) is 16.7 Å². The van der Waals surface area contributed by atoms with E-state index in [1.807, 2.05) is 12.1 Å². The van der Waals surface area contributed by atoms with Gasteiger partial charge in [-0.15, -0.1) is 0 Å². The number of rotatable bonds is 6. The van der Waals surface area contributed by atoms with Gasteiger partial charge < -0.3 is 10.1 Å². The van der Waals surface area contributed by atoms with Gasteiger partial charge in [-0.25, -0.2) is 0 Å². The van der Waals surface area contributed by atoms with E-state index in [4.69, 9.17) is 4.74 Å². The van der Waals surface area contributed by atoms with E-state index in [9.17, 15) is 0 Å². The molecule has 22 heavy (non-hydrogen) atoms. The van der Waals surface area contributed by atoms with Gasteiger partial charge >= 0.3 is 0 Å². The molecule has 2 nitrogen and oxygen atoms in total. The summed E-state index contributed by atoms with van der Waals surface area (Å²) in [6.45, 7) is 8.61. The van der Waals surface area contributed by atoms with Crippen LogP contribution in [0.15, 0.2) is 48.5 Å². The molecule has 0 aromatic heterocycles. The quantitative estimate of drug-likeness (QED) is 0.802. The summed E-state index contributed by atoms with van der Waals surface area (Å²) in [5, 5.41) is 3.51. The van der Waals surface area contributed by atoms with Crippen molar-refractivity contribution in [2.75, 3.05) is 13.7 Å². The fraction of sp³-hybridized carbons (Fsp3) is 0.400. The molecule has 0 radical (unpaired) electrons. The van der Waals surface area contributed by atoms with Crippen LogP contribution in [0, 0.1) is 0 Å². The standard InChI is InChI=1S/C20H27NO/c1-20(2,3)18-10-8-17(9-11-18)15-21-13-12-16-6-5-7-19(14-16)22-4/h5-11,14,21H,12-13,15H2,1-4H3. The van der Waals surface area contributed by atoms with Crippen molar-refractivity contribution in [3.63, 3.8) is 0 Å². The van der Waals surface area contributed by atoms with Crippen LogP contribution in [0.2, 0.25) is 0 Å². The first-order valence-electron chi connectivity index (χ1n) is 7.92. The average molecular weight is 297 g/mol. The molecule has 0 unspecified atom stereocenters. The van der Waals surface area contributed by atoms with Crippen molar-refractivity contribution in [1.82, 2.24) is 5.32 Å². The third-order valence-corrected chi connectivity index (χ3v) is 3.87. The molecule has 2 aromatic carbocycles. The Morgan fingerprint density at radius 2 is 1.68 bits per heavy atom. The van der Waals surface area contributed by atoms with E-state index in [1.54, 1.807) is 7.11 Å². The Hall–Kier alpha value is -1.80. The van der Waals surface area contributed by atoms with Crippen molar-refractivity contribution in [2.24, 2.45) is 0 Å². The highest BCUT2D eigenvalue weighted by atomic mass is 16.5. The van der Waals surface area contributed by atoms with E-state index in [0.29, 0.717) is 0 Å². The second-order valence-electron chi connectivity index (χ2n) is 6.73. The summed E-state index contributed by atoms with van der Waals surface area (Å²) in [4.78, 5) is 0. The molecule has 0 aliphatic rings.